The van der Waals surface area contributed by atoms with Crippen LogP contribution in [0.25, 0.3) is 0 Å². The molecule has 154 valence electrons. The standard InChI is InChI=1S/C20H21N5.2C2H6/c1-2-19-18(13-22)11-16(14-23-19)15-24-7-9-25(10-8-24)20-6-4-3-5-17(20)12-21;2*1-2/h3-6,11,14H,2,7-10,15H2,1H3;2*1-2H3. The highest BCUT2D eigenvalue weighted by molar-refractivity contribution is 5.59. The number of nitrogens with zero attached hydrogens (tertiary/aromatic N) is 5. The van der Waals surface area contributed by atoms with E-state index >= 15 is 0 Å². The molecule has 2 heterocycles. The van der Waals surface area contributed by atoms with Crippen LogP contribution in [0.15, 0.2) is 36.5 Å². The van der Waals surface area contributed by atoms with Gasteiger partial charge in [-0.1, -0.05) is 46.8 Å². The lowest BCUT2D eigenvalue weighted by atomic mass is 10.1. The molecule has 1 aromatic heterocycles. The number of aromatic nitrogens is 1. The highest BCUT2D eigenvalue weighted by atomic mass is 15.3. The summed E-state index contributed by atoms with van der Waals surface area (Å²) in [6.07, 6.45) is 2.66. The SMILES string of the molecule is CC.CC.CCc1ncc(CN2CCN(c3ccccc3C#N)CC2)cc1C#N. The van der Waals surface area contributed by atoms with Gasteiger partial charge in [-0.2, -0.15) is 10.5 Å². The lowest BCUT2D eigenvalue weighted by Crippen LogP contribution is -2.46. The van der Waals surface area contributed by atoms with E-state index < -0.39 is 0 Å². The summed E-state index contributed by atoms with van der Waals surface area (Å²) in [5.41, 5.74) is 4.38. The maximum absolute atomic E-state index is 9.27. The quantitative estimate of drug-likeness (QED) is 0.751. The summed E-state index contributed by atoms with van der Waals surface area (Å²) in [5, 5.41) is 18.5. The van der Waals surface area contributed by atoms with Crippen molar-refractivity contribution in [3.8, 4) is 12.1 Å². The van der Waals surface area contributed by atoms with Crippen LogP contribution in [0.1, 0.15) is 57.0 Å². The van der Waals surface area contributed by atoms with Crippen LogP contribution in [0.5, 0.6) is 0 Å². The average Bonchev–Trinajstić information content (AvgIpc) is 2.82. The van der Waals surface area contributed by atoms with Crippen LogP contribution in [0.3, 0.4) is 0 Å². The van der Waals surface area contributed by atoms with Gasteiger partial charge in [-0.25, -0.2) is 0 Å². The summed E-state index contributed by atoms with van der Waals surface area (Å²) in [4.78, 5) is 9.07. The summed E-state index contributed by atoms with van der Waals surface area (Å²) in [7, 11) is 0. The van der Waals surface area contributed by atoms with E-state index in [9.17, 15) is 10.5 Å². The summed E-state index contributed by atoms with van der Waals surface area (Å²) < 4.78 is 0. The number of benzene rings is 1. The number of hydrogen-bond acceptors (Lipinski definition) is 5. The number of piperazine rings is 1. The Labute approximate surface area is 176 Å². The predicted octanol–water partition coefficient (Wildman–Crippen LogP) is 4.76. The van der Waals surface area contributed by atoms with Crippen molar-refractivity contribution >= 4 is 5.69 Å². The number of hydrogen-bond donors (Lipinski definition) is 0. The van der Waals surface area contributed by atoms with Crippen molar-refractivity contribution in [2.45, 2.75) is 47.6 Å². The van der Waals surface area contributed by atoms with Crippen molar-refractivity contribution < 1.29 is 0 Å². The first-order valence-electron chi connectivity index (χ1n) is 10.6. The maximum atomic E-state index is 9.27. The number of pyridine rings is 1. The molecule has 0 bridgehead atoms. The number of anilines is 1. The fourth-order valence-corrected chi connectivity index (χ4v) is 3.25. The Kier molecular flexibility index (Phi) is 11.1. The zero-order valence-corrected chi connectivity index (χ0v) is 18.4. The van der Waals surface area contributed by atoms with Gasteiger partial charge in [0.1, 0.15) is 12.1 Å². The molecule has 5 nitrogen and oxygen atoms in total. The zero-order chi connectivity index (χ0) is 21.6. The minimum Gasteiger partial charge on any atom is -0.368 e. The molecule has 0 atom stereocenters. The van der Waals surface area contributed by atoms with Crippen molar-refractivity contribution in [2.24, 2.45) is 0 Å². The molecule has 29 heavy (non-hydrogen) atoms. The van der Waals surface area contributed by atoms with E-state index in [0.29, 0.717) is 5.56 Å². The van der Waals surface area contributed by atoms with Gasteiger partial charge in [-0.15, -0.1) is 0 Å². The average molecular weight is 392 g/mol. The van der Waals surface area contributed by atoms with Gasteiger partial charge >= 0.3 is 0 Å². The van der Waals surface area contributed by atoms with Gasteiger partial charge in [0.2, 0.25) is 0 Å². The second-order valence-electron chi connectivity index (χ2n) is 6.20. The van der Waals surface area contributed by atoms with Gasteiger partial charge in [0.25, 0.3) is 0 Å². The summed E-state index contributed by atoms with van der Waals surface area (Å²) in [6.45, 7) is 14.5. The van der Waals surface area contributed by atoms with Crippen molar-refractivity contribution in [1.29, 1.82) is 10.5 Å². The lowest BCUT2D eigenvalue weighted by molar-refractivity contribution is 0.249. The fraction of sp³-hybridized carbons (Fsp3) is 0.458. The van der Waals surface area contributed by atoms with E-state index in [-0.39, 0.29) is 0 Å². The molecule has 0 unspecified atom stereocenters. The first-order valence-corrected chi connectivity index (χ1v) is 10.6. The largest absolute Gasteiger partial charge is 0.368 e. The third kappa shape index (κ3) is 6.59. The van der Waals surface area contributed by atoms with Crippen LogP contribution in [-0.4, -0.2) is 36.1 Å². The van der Waals surface area contributed by atoms with E-state index in [1.807, 2.05) is 71.1 Å². The Bertz CT molecular complexity index is 824. The van der Waals surface area contributed by atoms with Crippen LogP contribution in [0.2, 0.25) is 0 Å². The summed E-state index contributed by atoms with van der Waals surface area (Å²) in [5.74, 6) is 0. The molecule has 0 radical (unpaired) electrons. The lowest BCUT2D eigenvalue weighted by Gasteiger charge is -2.36. The van der Waals surface area contributed by atoms with Gasteiger partial charge in [0.15, 0.2) is 0 Å². The highest BCUT2D eigenvalue weighted by Crippen LogP contribution is 2.21. The van der Waals surface area contributed by atoms with Gasteiger partial charge in [0, 0.05) is 38.9 Å². The second-order valence-corrected chi connectivity index (χ2v) is 6.20. The summed E-state index contributed by atoms with van der Waals surface area (Å²) in [6, 6.07) is 14.2. The molecule has 0 N–H and O–H groups in total. The smallest absolute Gasteiger partial charge is 0.101 e. The maximum Gasteiger partial charge on any atom is 0.101 e. The molecule has 3 rings (SSSR count). The molecule has 1 aromatic carbocycles. The molecule has 0 amide bonds. The first-order chi connectivity index (χ1) is 14.2. The minimum atomic E-state index is 0.682. The highest BCUT2D eigenvalue weighted by Gasteiger charge is 2.19. The monoisotopic (exact) mass is 391 g/mol. The number of para-hydroxylation sites is 1. The van der Waals surface area contributed by atoms with Crippen molar-refractivity contribution in [1.82, 2.24) is 9.88 Å². The van der Waals surface area contributed by atoms with Crippen molar-refractivity contribution in [3.05, 3.63) is 58.9 Å². The van der Waals surface area contributed by atoms with Gasteiger partial charge in [-0.05, 0) is 30.2 Å². The minimum absolute atomic E-state index is 0.682. The predicted molar refractivity (Wildman–Crippen MR) is 120 cm³/mol. The molecule has 1 aliphatic heterocycles. The Hall–Kier alpha value is -2.89. The van der Waals surface area contributed by atoms with Crippen LogP contribution >= 0.6 is 0 Å². The zero-order valence-electron chi connectivity index (χ0n) is 18.4. The van der Waals surface area contributed by atoms with Crippen LogP contribution in [0, 0.1) is 22.7 Å². The molecule has 0 saturated carbocycles. The van der Waals surface area contributed by atoms with Gasteiger partial charge in [-0.3, -0.25) is 9.88 Å². The number of rotatable bonds is 4. The Morgan fingerprint density at radius 3 is 2.14 bits per heavy atom. The van der Waals surface area contributed by atoms with Gasteiger partial charge < -0.3 is 4.90 Å². The van der Waals surface area contributed by atoms with Crippen LogP contribution in [-0.2, 0) is 13.0 Å². The molecule has 1 fully saturated rings. The van der Waals surface area contributed by atoms with E-state index in [0.717, 1.165) is 61.7 Å². The molecular formula is C24H33N5. The van der Waals surface area contributed by atoms with Gasteiger partial charge in [0.05, 0.1) is 22.5 Å². The molecular weight excluding hydrogens is 358 g/mol. The number of aryl methyl sites for hydroxylation is 1. The molecule has 1 aliphatic rings. The third-order valence-electron chi connectivity index (χ3n) is 4.63. The Morgan fingerprint density at radius 1 is 0.931 bits per heavy atom. The normalized spacial score (nSPS) is 13.1. The Morgan fingerprint density at radius 2 is 1.55 bits per heavy atom. The third-order valence-corrected chi connectivity index (χ3v) is 4.63. The molecule has 1 saturated heterocycles. The van der Waals surface area contributed by atoms with E-state index in [1.54, 1.807) is 0 Å². The number of nitriles is 2. The fourth-order valence-electron chi connectivity index (χ4n) is 3.25. The first kappa shape index (κ1) is 24.1. The topological polar surface area (TPSA) is 67.0 Å². The Balaban J connectivity index is 0.000000989. The van der Waals surface area contributed by atoms with E-state index in [2.05, 4.69) is 26.9 Å². The molecule has 0 aliphatic carbocycles. The molecule has 0 spiro atoms. The molecule has 5 heteroatoms. The summed E-state index contributed by atoms with van der Waals surface area (Å²) >= 11 is 0. The van der Waals surface area contributed by atoms with Crippen LogP contribution in [0.4, 0.5) is 5.69 Å². The molecule has 2 aromatic rings. The van der Waals surface area contributed by atoms with Crippen molar-refractivity contribution in [3.63, 3.8) is 0 Å². The van der Waals surface area contributed by atoms with E-state index in [1.165, 1.54) is 0 Å². The second kappa shape index (κ2) is 13.3. The van der Waals surface area contributed by atoms with Crippen molar-refractivity contribution in [2.75, 3.05) is 31.1 Å². The van der Waals surface area contributed by atoms with E-state index in [4.69, 9.17) is 0 Å². The van der Waals surface area contributed by atoms with Crippen LogP contribution < -0.4 is 4.90 Å².